The lowest BCUT2D eigenvalue weighted by atomic mass is 10.1. The number of hydrogen-bond donors (Lipinski definition) is 4. The number of amides is 1. The van der Waals surface area contributed by atoms with E-state index in [2.05, 4.69) is 10.6 Å². The molecule has 5 nitrogen and oxygen atoms in total. The lowest BCUT2D eigenvalue weighted by Crippen LogP contribution is -2.36. The quantitative estimate of drug-likeness (QED) is 0.605. The fourth-order valence-electron chi connectivity index (χ4n) is 2.10. The number of carbonyl (C=O) groups is 1. The summed E-state index contributed by atoms with van der Waals surface area (Å²) in [4.78, 5) is 12.0. The van der Waals surface area contributed by atoms with Gasteiger partial charge in [0.25, 0.3) is 0 Å². The van der Waals surface area contributed by atoms with Crippen LogP contribution in [0.5, 0.6) is 0 Å². The van der Waals surface area contributed by atoms with Gasteiger partial charge in [0.1, 0.15) is 0 Å². The molecule has 1 unspecified atom stereocenters. The SMILES string of the molecule is NCC(O)CNC(=O)Cc1ccccc1Nc1c(Cl)cccc1Cl. The zero-order valence-corrected chi connectivity index (χ0v) is 14.4. The third kappa shape index (κ3) is 5.11. The Morgan fingerprint density at radius 1 is 1.12 bits per heavy atom. The largest absolute Gasteiger partial charge is 0.390 e. The second-order valence-electron chi connectivity index (χ2n) is 5.25. The van der Waals surface area contributed by atoms with E-state index in [9.17, 15) is 9.90 Å². The van der Waals surface area contributed by atoms with E-state index in [4.69, 9.17) is 28.9 Å². The topological polar surface area (TPSA) is 87.4 Å². The number of benzene rings is 2. The average Bonchev–Trinajstić information content (AvgIpc) is 2.57. The molecule has 0 spiro atoms. The first-order valence-corrected chi connectivity index (χ1v) is 8.20. The van der Waals surface area contributed by atoms with Crippen LogP contribution in [-0.4, -0.2) is 30.2 Å². The molecular weight excluding hydrogens is 349 g/mol. The van der Waals surface area contributed by atoms with Crippen LogP contribution in [0.15, 0.2) is 42.5 Å². The van der Waals surface area contributed by atoms with Crippen LogP contribution < -0.4 is 16.4 Å². The average molecular weight is 368 g/mol. The highest BCUT2D eigenvalue weighted by molar-refractivity contribution is 6.39. The zero-order valence-electron chi connectivity index (χ0n) is 12.9. The predicted octanol–water partition coefficient (Wildman–Crippen LogP) is 2.72. The second kappa shape index (κ2) is 8.89. The van der Waals surface area contributed by atoms with Crippen molar-refractivity contribution in [2.75, 3.05) is 18.4 Å². The van der Waals surface area contributed by atoms with Crippen LogP contribution in [0.1, 0.15) is 5.56 Å². The number of rotatable bonds is 7. The van der Waals surface area contributed by atoms with Crippen LogP contribution in [0.3, 0.4) is 0 Å². The molecule has 2 rings (SSSR count). The molecule has 2 aromatic carbocycles. The summed E-state index contributed by atoms with van der Waals surface area (Å²) >= 11 is 12.3. The number of anilines is 2. The van der Waals surface area contributed by atoms with Crippen molar-refractivity contribution in [3.05, 3.63) is 58.1 Å². The number of hydrogen-bond acceptors (Lipinski definition) is 4. The minimum Gasteiger partial charge on any atom is -0.390 e. The van der Waals surface area contributed by atoms with Crippen molar-refractivity contribution < 1.29 is 9.90 Å². The minimum absolute atomic E-state index is 0.101. The predicted molar refractivity (Wildman–Crippen MR) is 98.0 cm³/mol. The first-order valence-electron chi connectivity index (χ1n) is 7.45. The van der Waals surface area contributed by atoms with Crippen LogP contribution in [0.25, 0.3) is 0 Å². The normalized spacial score (nSPS) is 11.8. The maximum atomic E-state index is 12.0. The standard InChI is InChI=1S/C17H19Cl2N3O2/c18-13-5-3-6-14(19)17(13)22-15-7-2-1-4-11(15)8-16(24)21-10-12(23)9-20/h1-7,12,22-23H,8-10,20H2,(H,21,24). The van der Waals surface area contributed by atoms with Gasteiger partial charge in [-0.15, -0.1) is 0 Å². The van der Waals surface area contributed by atoms with Gasteiger partial charge < -0.3 is 21.5 Å². The molecule has 0 saturated heterocycles. The lowest BCUT2D eigenvalue weighted by molar-refractivity contribution is -0.120. The van der Waals surface area contributed by atoms with Crippen molar-refractivity contribution in [1.82, 2.24) is 5.32 Å². The second-order valence-corrected chi connectivity index (χ2v) is 6.06. The zero-order chi connectivity index (χ0) is 17.5. The lowest BCUT2D eigenvalue weighted by Gasteiger charge is -2.15. The molecule has 7 heteroatoms. The summed E-state index contributed by atoms with van der Waals surface area (Å²) in [5.74, 6) is -0.206. The van der Waals surface area contributed by atoms with E-state index in [0.717, 1.165) is 11.3 Å². The van der Waals surface area contributed by atoms with Gasteiger partial charge in [-0.25, -0.2) is 0 Å². The van der Waals surface area contributed by atoms with Crippen molar-refractivity contribution in [2.45, 2.75) is 12.5 Å². The number of para-hydroxylation sites is 2. The van der Waals surface area contributed by atoms with Gasteiger partial charge >= 0.3 is 0 Å². The molecule has 128 valence electrons. The van der Waals surface area contributed by atoms with Gasteiger partial charge in [-0.3, -0.25) is 4.79 Å². The molecule has 0 bridgehead atoms. The van der Waals surface area contributed by atoms with E-state index in [1.807, 2.05) is 24.3 Å². The molecule has 0 saturated carbocycles. The molecule has 0 radical (unpaired) electrons. The monoisotopic (exact) mass is 367 g/mol. The van der Waals surface area contributed by atoms with Gasteiger partial charge in [-0.2, -0.15) is 0 Å². The van der Waals surface area contributed by atoms with Gasteiger partial charge in [0.2, 0.25) is 5.91 Å². The molecule has 0 aliphatic heterocycles. The molecule has 24 heavy (non-hydrogen) atoms. The summed E-state index contributed by atoms with van der Waals surface area (Å²) in [5.41, 5.74) is 7.43. The molecule has 2 aromatic rings. The molecule has 0 aliphatic carbocycles. The highest BCUT2D eigenvalue weighted by Gasteiger charge is 2.12. The molecule has 1 amide bonds. The third-order valence-corrected chi connectivity index (χ3v) is 4.03. The Kier molecular flexibility index (Phi) is 6.87. The van der Waals surface area contributed by atoms with Crippen LogP contribution in [-0.2, 0) is 11.2 Å². The van der Waals surface area contributed by atoms with Gasteiger partial charge in [-0.05, 0) is 23.8 Å². The van der Waals surface area contributed by atoms with E-state index in [1.165, 1.54) is 0 Å². The first-order chi connectivity index (χ1) is 11.5. The first kappa shape index (κ1) is 18.5. The Bertz CT molecular complexity index is 690. The summed E-state index contributed by atoms with van der Waals surface area (Å²) in [6, 6.07) is 12.6. The summed E-state index contributed by atoms with van der Waals surface area (Å²) in [6.07, 6.45) is -0.591. The smallest absolute Gasteiger partial charge is 0.224 e. The fraction of sp³-hybridized carbons (Fsp3) is 0.235. The number of halogens is 2. The Morgan fingerprint density at radius 3 is 2.46 bits per heavy atom. The number of nitrogens with two attached hydrogens (primary N) is 1. The van der Waals surface area contributed by atoms with Gasteiger partial charge in [-0.1, -0.05) is 47.5 Å². The molecule has 5 N–H and O–H groups in total. The van der Waals surface area contributed by atoms with Crippen LogP contribution >= 0.6 is 23.2 Å². The molecule has 1 atom stereocenters. The van der Waals surface area contributed by atoms with Gasteiger partial charge in [0, 0.05) is 18.8 Å². The molecule has 0 heterocycles. The van der Waals surface area contributed by atoms with Gasteiger partial charge in [0.15, 0.2) is 0 Å². The maximum absolute atomic E-state index is 12.0. The number of aliphatic hydroxyl groups is 1. The van der Waals surface area contributed by atoms with Crippen molar-refractivity contribution in [3.63, 3.8) is 0 Å². The molecule has 0 aliphatic rings. The molecule has 0 aromatic heterocycles. The van der Waals surface area contributed by atoms with Crippen LogP contribution in [0.4, 0.5) is 11.4 Å². The number of carbonyl (C=O) groups excluding carboxylic acids is 1. The Morgan fingerprint density at radius 2 is 1.79 bits per heavy atom. The molecule has 0 fully saturated rings. The summed E-state index contributed by atoms with van der Waals surface area (Å²) in [5, 5.41) is 16.2. The summed E-state index contributed by atoms with van der Waals surface area (Å²) in [6.45, 7) is 0.227. The van der Waals surface area contributed by atoms with Crippen molar-refractivity contribution in [3.8, 4) is 0 Å². The minimum atomic E-state index is -0.746. The van der Waals surface area contributed by atoms with Crippen LogP contribution in [0.2, 0.25) is 10.0 Å². The van der Waals surface area contributed by atoms with E-state index in [0.29, 0.717) is 15.7 Å². The highest BCUT2D eigenvalue weighted by Crippen LogP contribution is 2.33. The van der Waals surface area contributed by atoms with Crippen LogP contribution in [0, 0.1) is 0 Å². The van der Waals surface area contributed by atoms with Crippen molar-refractivity contribution in [1.29, 1.82) is 0 Å². The maximum Gasteiger partial charge on any atom is 0.224 e. The van der Waals surface area contributed by atoms with E-state index >= 15 is 0 Å². The Labute approximate surface area is 150 Å². The van der Waals surface area contributed by atoms with Crippen molar-refractivity contribution in [2.24, 2.45) is 5.73 Å². The van der Waals surface area contributed by atoms with E-state index in [1.54, 1.807) is 18.2 Å². The number of aliphatic hydroxyl groups excluding tert-OH is 1. The van der Waals surface area contributed by atoms with Crippen molar-refractivity contribution >= 4 is 40.5 Å². The van der Waals surface area contributed by atoms with E-state index in [-0.39, 0.29) is 25.4 Å². The molecular formula is C17H19Cl2N3O2. The highest BCUT2D eigenvalue weighted by atomic mass is 35.5. The van der Waals surface area contributed by atoms with Gasteiger partial charge in [0.05, 0.1) is 28.3 Å². The van der Waals surface area contributed by atoms with E-state index < -0.39 is 6.10 Å². The Hall–Kier alpha value is -1.79. The summed E-state index contributed by atoms with van der Waals surface area (Å²) < 4.78 is 0. The third-order valence-electron chi connectivity index (χ3n) is 3.40. The number of nitrogens with one attached hydrogen (secondary N) is 2. The fourth-order valence-corrected chi connectivity index (χ4v) is 2.59. The summed E-state index contributed by atoms with van der Waals surface area (Å²) in [7, 11) is 0. The Balaban J connectivity index is 2.12.